The summed E-state index contributed by atoms with van der Waals surface area (Å²) in [5.74, 6) is -0.928. The third kappa shape index (κ3) is 3.62. The van der Waals surface area contributed by atoms with Gasteiger partial charge in [-0.25, -0.2) is 13.8 Å². The molecule has 1 aromatic heterocycles. The van der Waals surface area contributed by atoms with E-state index in [4.69, 9.17) is 0 Å². The minimum atomic E-state index is -0.630. The number of hydrogen-bond acceptors (Lipinski definition) is 3. The average Bonchev–Trinajstić information content (AvgIpc) is 2.37. The fraction of sp³-hybridized carbons (Fsp3) is 0.643. The van der Waals surface area contributed by atoms with Crippen LogP contribution in [0.4, 0.5) is 14.6 Å². The van der Waals surface area contributed by atoms with Crippen LogP contribution in [0.15, 0.2) is 12.3 Å². The van der Waals surface area contributed by atoms with Crippen molar-refractivity contribution in [1.82, 2.24) is 10.3 Å². The van der Waals surface area contributed by atoms with Gasteiger partial charge in [0, 0.05) is 31.2 Å². The maximum atomic E-state index is 13.8. The second kappa shape index (κ2) is 6.28. The van der Waals surface area contributed by atoms with E-state index in [1.165, 1.54) is 0 Å². The summed E-state index contributed by atoms with van der Waals surface area (Å²) in [5, 5.41) is 3.38. The molecule has 1 aliphatic rings. The standard InChI is InChI=1S/C14H21F2N3/c1-10(2)17-9-12-5-3-4-6-19(12)14-13(16)7-11(15)8-18-14/h7-8,10,12,17H,3-6,9H2,1-2H3. The van der Waals surface area contributed by atoms with Gasteiger partial charge in [-0.15, -0.1) is 0 Å². The van der Waals surface area contributed by atoms with Crippen molar-refractivity contribution in [3.05, 3.63) is 23.9 Å². The summed E-state index contributed by atoms with van der Waals surface area (Å²) >= 11 is 0. The number of halogens is 2. The molecule has 106 valence electrons. The van der Waals surface area contributed by atoms with E-state index in [1.54, 1.807) is 0 Å². The molecule has 3 nitrogen and oxygen atoms in total. The first-order chi connectivity index (χ1) is 9.08. The molecule has 0 aliphatic carbocycles. The van der Waals surface area contributed by atoms with Crippen molar-refractivity contribution < 1.29 is 8.78 Å². The molecule has 1 saturated heterocycles. The van der Waals surface area contributed by atoms with E-state index < -0.39 is 11.6 Å². The Morgan fingerprint density at radius 3 is 2.89 bits per heavy atom. The Balaban J connectivity index is 2.14. The van der Waals surface area contributed by atoms with E-state index in [9.17, 15) is 8.78 Å². The van der Waals surface area contributed by atoms with Gasteiger partial charge in [0.15, 0.2) is 11.6 Å². The highest BCUT2D eigenvalue weighted by Gasteiger charge is 2.25. The minimum absolute atomic E-state index is 0.226. The SMILES string of the molecule is CC(C)NCC1CCCCN1c1ncc(F)cc1F. The van der Waals surface area contributed by atoms with Crippen LogP contribution >= 0.6 is 0 Å². The molecule has 1 fully saturated rings. The zero-order valence-corrected chi connectivity index (χ0v) is 11.5. The molecule has 1 aliphatic heterocycles. The van der Waals surface area contributed by atoms with Crippen molar-refractivity contribution in [1.29, 1.82) is 0 Å². The number of nitrogens with one attached hydrogen (secondary N) is 1. The van der Waals surface area contributed by atoms with Gasteiger partial charge >= 0.3 is 0 Å². The number of anilines is 1. The third-order valence-corrected chi connectivity index (χ3v) is 3.45. The monoisotopic (exact) mass is 269 g/mol. The number of rotatable bonds is 4. The van der Waals surface area contributed by atoms with Gasteiger partial charge in [0.25, 0.3) is 0 Å². The fourth-order valence-electron chi connectivity index (χ4n) is 2.48. The summed E-state index contributed by atoms with van der Waals surface area (Å²) < 4.78 is 26.8. The predicted octanol–water partition coefficient (Wildman–Crippen LogP) is 2.72. The van der Waals surface area contributed by atoms with Crippen molar-refractivity contribution >= 4 is 5.82 Å². The van der Waals surface area contributed by atoms with E-state index >= 15 is 0 Å². The first-order valence-electron chi connectivity index (χ1n) is 6.89. The predicted molar refractivity (Wildman–Crippen MR) is 72.3 cm³/mol. The van der Waals surface area contributed by atoms with Gasteiger partial charge in [-0.05, 0) is 19.3 Å². The number of nitrogens with zero attached hydrogens (tertiary/aromatic N) is 2. The summed E-state index contributed by atoms with van der Waals surface area (Å²) in [6.07, 6.45) is 4.26. The molecule has 2 rings (SSSR count). The van der Waals surface area contributed by atoms with Crippen LogP contribution in [0.3, 0.4) is 0 Å². The molecule has 19 heavy (non-hydrogen) atoms. The van der Waals surface area contributed by atoms with E-state index in [-0.39, 0.29) is 11.9 Å². The van der Waals surface area contributed by atoms with Crippen LogP contribution in [-0.4, -0.2) is 30.2 Å². The summed E-state index contributed by atoms with van der Waals surface area (Å²) in [4.78, 5) is 5.89. The summed E-state index contributed by atoms with van der Waals surface area (Å²) in [7, 11) is 0. The van der Waals surface area contributed by atoms with Crippen molar-refractivity contribution in [3.63, 3.8) is 0 Å². The van der Waals surface area contributed by atoms with Crippen molar-refractivity contribution in [2.45, 2.75) is 45.2 Å². The summed E-state index contributed by atoms with van der Waals surface area (Å²) in [5.41, 5.74) is 0. The van der Waals surface area contributed by atoms with E-state index in [0.717, 1.165) is 44.6 Å². The molecule has 0 bridgehead atoms. The molecule has 0 saturated carbocycles. The zero-order chi connectivity index (χ0) is 13.8. The van der Waals surface area contributed by atoms with Crippen LogP contribution in [0.5, 0.6) is 0 Å². The maximum Gasteiger partial charge on any atom is 0.168 e. The Morgan fingerprint density at radius 2 is 2.21 bits per heavy atom. The molecule has 2 heterocycles. The van der Waals surface area contributed by atoms with Gasteiger partial charge in [-0.3, -0.25) is 0 Å². The second-order valence-corrected chi connectivity index (χ2v) is 5.36. The summed E-state index contributed by atoms with van der Waals surface area (Å²) in [6, 6.07) is 1.53. The van der Waals surface area contributed by atoms with Gasteiger partial charge < -0.3 is 10.2 Å². The van der Waals surface area contributed by atoms with Gasteiger partial charge in [-0.1, -0.05) is 13.8 Å². The molecular weight excluding hydrogens is 248 g/mol. The van der Waals surface area contributed by atoms with Crippen LogP contribution in [0.2, 0.25) is 0 Å². The van der Waals surface area contributed by atoms with Crippen molar-refractivity contribution in [2.75, 3.05) is 18.0 Å². The Hall–Kier alpha value is -1.23. The average molecular weight is 269 g/mol. The Morgan fingerprint density at radius 1 is 1.42 bits per heavy atom. The number of piperidine rings is 1. The lowest BCUT2D eigenvalue weighted by molar-refractivity contribution is 0.412. The van der Waals surface area contributed by atoms with Crippen LogP contribution in [-0.2, 0) is 0 Å². The lowest BCUT2D eigenvalue weighted by Gasteiger charge is -2.37. The van der Waals surface area contributed by atoms with Gasteiger partial charge in [0.2, 0.25) is 0 Å². The van der Waals surface area contributed by atoms with Crippen LogP contribution in [0, 0.1) is 11.6 Å². The smallest absolute Gasteiger partial charge is 0.168 e. The molecule has 0 spiro atoms. The highest BCUT2D eigenvalue weighted by atomic mass is 19.1. The Bertz CT molecular complexity index is 423. The molecule has 0 radical (unpaired) electrons. The van der Waals surface area contributed by atoms with Gasteiger partial charge in [0.05, 0.1) is 6.20 Å². The molecule has 0 aromatic carbocycles. The molecule has 0 amide bonds. The van der Waals surface area contributed by atoms with Crippen LogP contribution in [0.25, 0.3) is 0 Å². The quantitative estimate of drug-likeness (QED) is 0.911. The van der Waals surface area contributed by atoms with Gasteiger partial charge in [0.1, 0.15) is 5.82 Å². The Kier molecular flexibility index (Phi) is 4.69. The van der Waals surface area contributed by atoms with Crippen LogP contribution in [0.1, 0.15) is 33.1 Å². The largest absolute Gasteiger partial charge is 0.350 e. The highest BCUT2D eigenvalue weighted by molar-refractivity contribution is 5.41. The number of aromatic nitrogens is 1. The van der Waals surface area contributed by atoms with E-state index in [1.807, 2.05) is 4.90 Å². The van der Waals surface area contributed by atoms with Gasteiger partial charge in [-0.2, -0.15) is 0 Å². The number of hydrogen-bond donors (Lipinski definition) is 1. The zero-order valence-electron chi connectivity index (χ0n) is 11.5. The molecule has 1 atom stereocenters. The first kappa shape index (κ1) is 14.2. The highest BCUT2D eigenvalue weighted by Crippen LogP contribution is 2.25. The minimum Gasteiger partial charge on any atom is -0.350 e. The molecule has 1 aromatic rings. The molecule has 1 unspecified atom stereocenters. The molecule has 5 heteroatoms. The molecule has 1 N–H and O–H groups in total. The first-order valence-corrected chi connectivity index (χ1v) is 6.89. The number of pyridine rings is 1. The fourth-order valence-corrected chi connectivity index (χ4v) is 2.48. The van der Waals surface area contributed by atoms with E-state index in [0.29, 0.717) is 6.04 Å². The van der Waals surface area contributed by atoms with Crippen LogP contribution < -0.4 is 10.2 Å². The van der Waals surface area contributed by atoms with E-state index in [2.05, 4.69) is 24.1 Å². The lowest BCUT2D eigenvalue weighted by atomic mass is 10.0. The lowest BCUT2D eigenvalue weighted by Crippen LogP contribution is -2.47. The topological polar surface area (TPSA) is 28.2 Å². The summed E-state index contributed by atoms with van der Waals surface area (Å²) in [6.45, 7) is 5.75. The second-order valence-electron chi connectivity index (χ2n) is 5.36. The Labute approximate surface area is 113 Å². The van der Waals surface area contributed by atoms with Crippen molar-refractivity contribution in [3.8, 4) is 0 Å². The normalized spacial score (nSPS) is 20.1. The maximum absolute atomic E-state index is 13.8. The van der Waals surface area contributed by atoms with Crippen molar-refractivity contribution in [2.24, 2.45) is 0 Å². The third-order valence-electron chi connectivity index (χ3n) is 3.45. The molecular formula is C14H21F2N3.